The largest absolute Gasteiger partial charge is 0.435 e. The van der Waals surface area contributed by atoms with Crippen LogP contribution in [-0.4, -0.2) is 9.97 Å². The fourth-order valence-corrected chi connectivity index (χ4v) is 2.82. The van der Waals surface area contributed by atoms with Crippen molar-refractivity contribution in [1.82, 2.24) is 9.97 Å². The van der Waals surface area contributed by atoms with Crippen LogP contribution in [0.1, 0.15) is 5.69 Å². The van der Waals surface area contributed by atoms with Gasteiger partial charge in [-0.15, -0.1) is 0 Å². The van der Waals surface area contributed by atoms with E-state index in [9.17, 15) is 18.0 Å². The number of fused-ring (bicyclic) bond motifs is 2. The Bertz CT molecular complexity index is 1240. The number of aromatic nitrogens is 2. The molecule has 0 amide bonds. The van der Waals surface area contributed by atoms with E-state index in [1.165, 1.54) is 18.2 Å². The highest BCUT2D eigenvalue weighted by atomic mass is 19.4. The Hall–Kier alpha value is -3.68. The molecule has 0 aliphatic carbocycles. The summed E-state index contributed by atoms with van der Waals surface area (Å²) in [6, 6.07) is 18.7. The van der Waals surface area contributed by atoms with Crippen LogP contribution in [0.25, 0.3) is 21.8 Å². The van der Waals surface area contributed by atoms with Gasteiger partial charge in [-0.2, -0.15) is 13.2 Å². The molecule has 8 heteroatoms. The predicted octanol–water partition coefficient (Wildman–Crippen LogP) is 4.60. The standard InChI is InChI=1S/C20H13F3N4O/c21-20(22,23)18-17(19(28)25-16-8-4-3-7-15(16)24-18)27-26-14-10-9-12-5-1-2-6-13(12)11-14/h1-11,26H,(H,25,27,28). The highest BCUT2D eigenvalue weighted by molar-refractivity contribution is 5.85. The summed E-state index contributed by atoms with van der Waals surface area (Å²) in [6.07, 6.45) is -4.84. The third-order valence-corrected chi connectivity index (χ3v) is 4.14. The van der Waals surface area contributed by atoms with Gasteiger partial charge in [0.25, 0.3) is 5.56 Å². The number of anilines is 2. The number of alkyl halides is 3. The smallest absolute Gasteiger partial charge is 0.301 e. The van der Waals surface area contributed by atoms with E-state index in [2.05, 4.69) is 20.8 Å². The van der Waals surface area contributed by atoms with E-state index in [1.807, 2.05) is 30.3 Å². The average molecular weight is 382 g/mol. The van der Waals surface area contributed by atoms with E-state index < -0.39 is 23.1 Å². The number of para-hydroxylation sites is 2. The van der Waals surface area contributed by atoms with Gasteiger partial charge in [-0.3, -0.25) is 10.2 Å². The van der Waals surface area contributed by atoms with Gasteiger partial charge in [-0.1, -0.05) is 42.5 Å². The quantitative estimate of drug-likeness (QED) is 0.507. The van der Waals surface area contributed by atoms with Gasteiger partial charge < -0.3 is 5.43 Å². The first-order valence-corrected chi connectivity index (χ1v) is 8.31. The van der Waals surface area contributed by atoms with Gasteiger partial charge in [0.2, 0.25) is 0 Å². The van der Waals surface area contributed by atoms with E-state index in [-0.39, 0.29) is 11.0 Å². The lowest BCUT2D eigenvalue weighted by molar-refractivity contribution is -0.140. The maximum atomic E-state index is 13.6. The van der Waals surface area contributed by atoms with Crippen LogP contribution in [0.5, 0.6) is 0 Å². The minimum atomic E-state index is -4.84. The normalized spacial score (nSPS) is 11.5. The summed E-state index contributed by atoms with van der Waals surface area (Å²) in [5.41, 5.74) is 2.39. The van der Waals surface area contributed by atoms with Crippen LogP contribution in [0.2, 0.25) is 0 Å². The van der Waals surface area contributed by atoms with Crippen LogP contribution in [-0.2, 0) is 6.18 Å². The Morgan fingerprint density at radius 3 is 2.11 bits per heavy atom. The third kappa shape index (κ3) is 3.44. The maximum absolute atomic E-state index is 13.6. The molecular weight excluding hydrogens is 369 g/mol. The van der Waals surface area contributed by atoms with Crippen LogP contribution in [0, 0.1) is 0 Å². The molecule has 0 fully saturated rings. The Balaban J connectivity index is 1.78. The van der Waals surface area contributed by atoms with E-state index in [0.29, 0.717) is 5.69 Å². The summed E-state index contributed by atoms with van der Waals surface area (Å²) < 4.78 is 40.7. The fraction of sp³-hybridized carbons (Fsp3) is 0.0500. The molecule has 0 spiro atoms. The molecule has 0 aliphatic heterocycles. The fourth-order valence-electron chi connectivity index (χ4n) is 2.82. The highest BCUT2D eigenvalue weighted by Gasteiger charge is 2.37. The van der Waals surface area contributed by atoms with Gasteiger partial charge in [-0.25, -0.2) is 9.97 Å². The monoisotopic (exact) mass is 382 g/mol. The number of rotatable bonds is 3. The lowest BCUT2D eigenvalue weighted by Crippen LogP contribution is -2.22. The van der Waals surface area contributed by atoms with Crippen molar-refractivity contribution < 1.29 is 13.2 Å². The maximum Gasteiger partial charge on any atom is 0.435 e. The second-order valence-electron chi connectivity index (χ2n) is 6.05. The second-order valence-corrected chi connectivity index (χ2v) is 6.05. The summed E-state index contributed by atoms with van der Waals surface area (Å²) in [5, 5.41) is 1.88. The van der Waals surface area contributed by atoms with Crippen molar-refractivity contribution in [2.24, 2.45) is 0 Å². The molecule has 4 aromatic rings. The number of hydrogen-bond acceptors (Lipinski definition) is 5. The molecule has 0 atom stereocenters. The van der Waals surface area contributed by atoms with Crippen molar-refractivity contribution in [3.8, 4) is 0 Å². The zero-order valence-corrected chi connectivity index (χ0v) is 14.3. The van der Waals surface area contributed by atoms with Crippen LogP contribution >= 0.6 is 0 Å². The second kappa shape index (κ2) is 6.80. The lowest BCUT2D eigenvalue weighted by atomic mass is 10.1. The summed E-state index contributed by atoms with van der Waals surface area (Å²) >= 11 is 0. The molecule has 4 rings (SSSR count). The minimum Gasteiger partial charge on any atom is -0.301 e. The first-order chi connectivity index (χ1) is 13.4. The van der Waals surface area contributed by atoms with Gasteiger partial charge in [0.05, 0.1) is 16.7 Å². The van der Waals surface area contributed by atoms with Crippen molar-refractivity contribution in [2.75, 3.05) is 10.9 Å². The van der Waals surface area contributed by atoms with Crippen LogP contribution in [0.4, 0.5) is 24.5 Å². The molecular formula is C20H13F3N4O. The summed E-state index contributed by atoms with van der Waals surface area (Å²) in [7, 11) is 0. The molecule has 5 nitrogen and oxygen atoms in total. The van der Waals surface area contributed by atoms with Gasteiger partial charge in [0.15, 0.2) is 11.4 Å². The van der Waals surface area contributed by atoms with E-state index >= 15 is 0 Å². The molecule has 0 unspecified atom stereocenters. The van der Waals surface area contributed by atoms with Crippen molar-refractivity contribution in [3.05, 3.63) is 82.8 Å². The first kappa shape index (κ1) is 17.7. The van der Waals surface area contributed by atoms with Gasteiger partial charge in [-0.05, 0) is 35.0 Å². The minimum absolute atomic E-state index is 0.0225. The molecule has 0 saturated heterocycles. The van der Waals surface area contributed by atoms with Gasteiger partial charge in [0, 0.05) is 0 Å². The molecule has 3 aromatic carbocycles. The summed E-state index contributed by atoms with van der Waals surface area (Å²) in [5.74, 6) is 0. The predicted molar refractivity (Wildman–Crippen MR) is 102 cm³/mol. The zero-order valence-electron chi connectivity index (χ0n) is 14.3. The Labute approximate surface area is 156 Å². The summed E-state index contributed by atoms with van der Waals surface area (Å²) in [6.45, 7) is 0. The molecule has 1 heterocycles. The number of hydrazine groups is 1. The molecule has 0 radical (unpaired) electrons. The number of nitrogens with one attached hydrogen (secondary N) is 2. The van der Waals surface area contributed by atoms with Crippen LogP contribution < -0.4 is 16.4 Å². The van der Waals surface area contributed by atoms with Crippen LogP contribution in [0.3, 0.4) is 0 Å². The van der Waals surface area contributed by atoms with Crippen molar-refractivity contribution in [3.63, 3.8) is 0 Å². The molecule has 1 aromatic heterocycles. The van der Waals surface area contributed by atoms with Crippen molar-refractivity contribution >= 4 is 33.2 Å². The third-order valence-electron chi connectivity index (χ3n) is 4.14. The van der Waals surface area contributed by atoms with Gasteiger partial charge in [0.1, 0.15) is 0 Å². The average Bonchev–Trinajstić information content (AvgIpc) is 2.82. The Morgan fingerprint density at radius 2 is 1.39 bits per heavy atom. The topological polar surface area (TPSA) is 66.9 Å². The molecule has 28 heavy (non-hydrogen) atoms. The van der Waals surface area contributed by atoms with Gasteiger partial charge >= 0.3 is 6.18 Å². The number of nitrogens with zero attached hydrogens (tertiary/aromatic N) is 2. The highest BCUT2D eigenvalue weighted by Crippen LogP contribution is 2.32. The number of halogens is 3. The van der Waals surface area contributed by atoms with E-state index in [0.717, 1.165) is 10.8 Å². The molecule has 0 aliphatic rings. The molecule has 2 N–H and O–H groups in total. The van der Waals surface area contributed by atoms with Crippen LogP contribution in [0.15, 0.2) is 71.5 Å². The van der Waals surface area contributed by atoms with E-state index in [4.69, 9.17) is 0 Å². The lowest BCUT2D eigenvalue weighted by Gasteiger charge is -2.12. The summed E-state index contributed by atoms with van der Waals surface area (Å²) in [4.78, 5) is 19.8. The SMILES string of the molecule is O=c1nc2ccccc2nc(C(F)(F)F)c1NNc1ccc2ccccc2c1. The van der Waals surface area contributed by atoms with Crippen molar-refractivity contribution in [2.45, 2.75) is 6.18 Å². The number of hydrogen-bond donors (Lipinski definition) is 2. The number of benzene rings is 3. The Kier molecular flexibility index (Phi) is 4.31. The van der Waals surface area contributed by atoms with E-state index in [1.54, 1.807) is 18.2 Å². The first-order valence-electron chi connectivity index (χ1n) is 8.31. The Morgan fingerprint density at radius 1 is 0.750 bits per heavy atom. The molecule has 0 saturated carbocycles. The molecule has 140 valence electrons. The van der Waals surface area contributed by atoms with Crippen molar-refractivity contribution in [1.29, 1.82) is 0 Å². The molecule has 0 bridgehead atoms. The zero-order chi connectivity index (χ0) is 19.7.